The average molecular weight is 475 g/mol. The lowest BCUT2D eigenvalue weighted by atomic mass is 10.2. The Hall–Kier alpha value is -1.87. The summed E-state index contributed by atoms with van der Waals surface area (Å²) in [5.74, 6) is 4.32. The molecule has 1 N–H and O–H groups in total. The number of aromatic nitrogens is 1. The molecule has 0 aliphatic heterocycles. The predicted molar refractivity (Wildman–Crippen MR) is 141 cm³/mol. The smallest absolute Gasteiger partial charge is 0.136 e. The van der Waals surface area contributed by atoms with Crippen LogP contribution in [0.1, 0.15) is 6.42 Å². The summed E-state index contributed by atoms with van der Waals surface area (Å²) in [6.45, 7) is 5.60. The molecule has 1 aromatic carbocycles. The molecule has 0 amide bonds. The minimum Gasteiger partial charge on any atom is -0.494 e. The van der Waals surface area contributed by atoms with Crippen LogP contribution in [0, 0.1) is 0 Å². The number of hydrogen-bond acceptors (Lipinski definition) is 8. The third-order valence-corrected chi connectivity index (χ3v) is 5.60. The Morgan fingerprint density at radius 3 is 2.59 bits per heavy atom. The summed E-state index contributed by atoms with van der Waals surface area (Å²) in [5, 5.41) is 4.42. The van der Waals surface area contributed by atoms with Crippen molar-refractivity contribution in [2.24, 2.45) is 0 Å². The normalized spacial score (nSPS) is 11.4. The van der Waals surface area contributed by atoms with Crippen LogP contribution in [0.5, 0.6) is 5.75 Å². The number of anilines is 1. The molecule has 0 aliphatic rings. The van der Waals surface area contributed by atoms with E-state index in [1.165, 1.54) is 0 Å². The molecule has 3 aromatic rings. The molecule has 0 aliphatic carbocycles. The number of thiol groups is 2. The van der Waals surface area contributed by atoms with Gasteiger partial charge in [-0.1, -0.05) is 0 Å². The Balaban J connectivity index is 1.52. The molecule has 8 heteroatoms. The summed E-state index contributed by atoms with van der Waals surface area (Å²) < 4.78 is 12.0. The Morgan fingerprint density at radius 2 is 1.88 bits per heavy atom. The molecule has 0 atom stereocenters. The number of fused-ring (bicyclic) bond motifs is 1. The van der Waals surface area contributed by atoms with Crippen molar-refractivity contribution in [3.05, 3.63) is 42.6 Å². The summed E-state index contributed by atoms with van der Waals surface area (Å²) in [7, 11) is 3.95. The maximum atomic E-state index is 6.01. The van der Waals surface area contributed by atoms with Crippen molar-refractivity contribution in [3.8, 4) is 17.1 Å². The Kier molecular flexibility index (Phi) is 10.1. The molecule has 0 saturated heterocycles. The first kappa shape index (κ1) is 24.8. The molecule has 0 radical (unpaired) electrons. The summed E-state index contributed by atoms with van der Waals surface area (Å²) >= 11 is 8.61. The molecule has 32 heavy (non-hydrogen) atoms. The summed E-state index contributed by atoms with van der Waals surface area (Å²) in [6, 6.07) is 12.0. The van der Waals surface area contributed by atoms with E-state index < -0.39 is 0 Å². The van der Waals surface area contributed by atoms with Crippen molar-refractivity contribution in [1.29, 1.82) is 0 Å². The van der Waals surface area contributed by atoms with Gasteiger partial charge in [0.15, 0.2) is 0 Å². The molecule has 0 unspecified atom stereocenters. The van der Waals surface area contributed by atoms with Gasteiger partial charge < -0.3 is 24.3 Å². The number of rotatable bonds is 14. The third kappa shape index (κ3) is 7.33. The zero-order valence-electron chi connectivity index (χ0n) is 19.0. The van der Waals surface area contributed by atoms with E-state index >= 15 is 0 Å². The molecule has 2 aromatic heterocycles. The van der Waals surface area contributed by atoms with Crippen molar-refractivity contribution >= 4 is 42.0 Å². The molecule has 6 nitrogen and oxygen atoms in total. The van der Waals surface area contributed by atoms with E-state index in [0.29, 0.717) is 6.61 Å². The third-order valence-electron chi connectivity index (χ3n) is 5.18. The topological polar surface area (TPSA) is 53.8 Å². The number of ether oxygens (including phenoxy) is 1. The highest BCUT2D eigenvalue weighted by atomic mass is 32.1. The molecule has 3 rings (SSSR count). The van der Waals surface area contributed by atoms with Crippen LogP contribution in [-0.4, -0.2) is 74.8 Å². The van der Waals surface area contributed by atoms with Crippen LogP contribution in [0.4, 0.5) is 5.82 Å². The van der Waals surface area contributed by atoms with E-state index in [0.717, 1.165) is 84.5 Å². The highest BCUT2D eigenvalue weighted by Crippen LogP contribution is 2.30. The Bertz CT molecular complexity index is 947. The number of furan rings is 1. The number of nitrogens with one attached hydrogen (secondary N) is 1. The van der Waals surface area contributed by atoms with Crippen LogP contribution in [0.2, 0.25) is 0 Å². The standard InChI is InChI=1S/C24H34N4O2S2/c1-27(2)24-7-4-19(18-26-24)23-17-20-16-21(5-6-22(20)30-23)29-13-3-10-28(12-15-32)11-8-25-9-14-31/h4-7,16-18,25,31-32H,3,8-15H2,1-2H3. The lowest BCUT2D eigenvalue weighted by Gasteiger charge is -2.21. The number of hydrogen-bond donors (Lipinski definition) is 3. The second-order valence-electron chi connectivity index (χ2n) is 7.85. The molecule has 0 saturated carbocycles. The van der Waals surface area contributed by atoms with Gasteiger partial charge in [0.1, 0.15) is 22.9 Å². The van der Waals surface area contributed by atoms with Gasteiger partial charge in [0.05, 0.1) is 6.61 Å². The van der Waals surface area contributed by atoms with E-state index in [-0.39, 0.29) is 0 Å². The van der Waals surface area contributed by atoms with Gasteiger partial charge >= 0.3 is 0 Å². The number of pyridine rings is 1. The lowest BCUT2D eigenvalue weighted by molar-refractivity contribution is 0.243. The van der Waals surface area contributed by atoms with Gasteiger partial charge in [-0.05, 0) is 42.8 Å². The van der Waals surface area contributed by atoms with Crippen LogP contribution in [-0.2, 0) is 0 Å². The molecule has 0 spiro atoms. The minimum atomic E-state index is 0.680. The van der Waals surface area contributed by atoms with Gasteiger partial charge in [0, 0.05) is 75.5 Å². The fourth-order valence-electron chi connectivity index (χ4n) is 3.45. The van der Waals surface area contributed by atoms with E-state index in [1.54, 1.807) is 0 Å². The van der Waals surface area contributed by atoms with E-state index in [4.69, 9.17) is 9.15 Å². The molecule has 0 fully saturated rings. The van der Waals surface area contributed by atoms with Crippen LogP contribution >= 0.6 is 25.3 Å². The lowest BCUT2D eigenvalue weighted by Crippen LogP contribution is -2.35. The fourth-order valence-corrected chi connectivity index (χ4v) is 3.89. The van der Waals surface area contributed by atoms with Crippen LogP contribution < -0.4 is 15.0 Å². The largest absolute Gasteiger partial charge is 0.494 e. The SMILES string of the molecule is CN(C)c1ccc(-c2cc3cc(OCCCN(CCS)CCNCCS)ccc3o2)cn1. The highest BCUT2D eigenvalue weighted by molar-refractivity contribution is 7.80. The molecule has 174 valence electrons. The van der Waals surface area contributed by atoms with E-state index in [2.05, 4.69) is 40.5 Å². The minimum absolute atomic E-state index is 0.680. The summed E-state index contributed by atoms with van der Waals surface area (Å²) in [5.41, 5.74) is 1.81. The van der Waals surface area contributed by atoms with Crippen molar-refractivity contribution in [2.75, 3.05) is 69.8 Å². The maximum Gasteiger partial charge on any atom is 0.136 e. The Labute approximate surface area is 202 Å². The molecular formula is C24H34N4O2S2. The van der Waals surface area contributed by atoms with Gasteiger partial charge in [0.25, 0.3) is 0 Å². The van der Waals surface area contributed by atoms with Gasteiger partial charge in [-0.15, -0.1) is 0 Å². The van der Waals surface area contributed by atoms with Gasteiger partial charge in [-0.25, -0.2) is 4.98 Å². The quantitative estimate of drug-likeness (QED) is 0.242. The first-order valence-electron chi connectivity index (χ1n) is 11.1. The van der Waals surface area contributed by atoms with Crippen molar-refractivity contribution in [1.82, 2.24) is 15.2 Å². The highest BCUT2D eigenvalue weighted by Gasteiger charge is 2.09. The first-order chi connectivity index (χ1) is 15.6. The molecule has 2 heterocycles. The summed E-state index contributed by atoms with van der Waals surface area (Å²) in [6.07, 6.45) is 2.81. The zero-order chi connectivity index (χ0) is 22.8. The van der Waals surface area contributed by atoms with E-state index in [1.807, 2.05) is 61.6 Å². The summed E-state index contributed by atoms with van der Waals surface area (Å²) in [4.78, 5) is 8.87. The van der Waals surface area contributed by atoms with Gasteiger partial charge in [0.2, 0.25) is 0 Å². The van der Waals surface area contributed by atoms with Gasteiger partial charge in [-0.3, -0.25) is 0 Å². The first-order valence-corrected chi connectivity index (χ1v) is 12.3. The van der Waals surface area contributed by atoms with E-state index in [9.17, 15) is 0 Å². The fraction of sp³-hybridized carbons (Fsp3) is 0.458. The van der Waals surface area contributed by atoms with Crippen LogP contribution in [0.3, 0.4) is 0 Å². The monoisotopic (exact) mass is 474 g/mol. The molecule has 0 bridgehead atoms. The number of benzene rings is 1. The van der Waals surface area contributed by atoms with Crippen molar-refractivity contribution in [3.63, 3.8) is 0 Å². The van der Waals surface area contributed by atoms with Crippen molar-refractivity contribution in [2.45, 2.75) is 6.42 Å². The van der Waals surface area contributed by atoms with Gasteiger partial charge in [-0.2, -0.15) is 25.3 Å². The second-order valence-corrected chi connectivity index (χ2v) is 8.75. The Morgan fingerprint density at radius 1 is 1.00 bits per heavy atom. The van der Waals surface area contributed by atoms with Crippen molar-refractivity contribution < 1.29 is 9.15 Å². The average Bonchev–Trinajstić information content (AvgIpc) is 3.23. The predicted octanol–water partition coefficient (Wildman–Crippen LogP) is 4.08. The zero-order valence-corrected chi connectivity index (χ0v) is 20.7. The van der Waals surface area contributed by atoms with Crippen LogP contribution in [0.25, 0.3) is 22.3 Å². The maximum absolute atomic E-state index is 6.01. The molecular weight excluding hydrogens is 440 g/mol. The van der Waals surface area contributed by atoms with Crippen LogP contribution in [0.15, 0.2) is 47.0 Å². The second kappa shape index (κ2) is 13.0. The number of nitrogens with zero attached hydrogens (tertiary/aromatic N) is 3.